The number of nitrogens with one attached hydrogen (secondary N) is 1. The van der Waals surface area contributed by atoms with Crippen LogP contribution in [0, 0.1) is 0 Å². The zero-order chi connectivity index (χ0) is 14.3. The molecule has 0 aromatic rings. The third kappa shape index (κ3) is 6.61. The smallest absolute Gasteiger partial charge is 0.317 e. The van der Waals surface area contributed by atoms with Gasteiger partial charge in [0.15, 0.2) is 0 Å². The Bertz CT molecular complexity index is 343. The van der Waals surface area contributed by atoms with Crippen LogP contribution >= 0.6 is 0 Å². The van der Waals surface area contributed by atoms with Crippen LogP contribution < -0.4 is 11.1 Å². The van der Waals surface area contributed by atoms with E-state index in [0.717, 1.165) is 12.8 Å². The molecular weight excluding hydrogens is 254 g/mol. The lowest BCUT2D eigenvalue weighted by atomic mass is 10.4. The molecule has 0 heterocycles. The summed E-state index contributed by atoms with van der Waals surface area (Å²) in [7, 11) is 0. The number of ether oxygens (including phenoxy) is 1. The quantitative estimate of drug-likeness (QED) is 0.472. The molecule has 0 bridgehead atoms. The summed E-state index contributed by atoms with van der Waals surface area (Å²) in [4.78, 5) is 34.2. The van der Waals surface area contributed by atoms with Crippen molar-refractivity contribution in [1.82, 2.24) is 10.2 Å². The molecular formula is C11H19N3O5. The molecule has 1 aliphatic rings. The predicted octanol–water partition coefficient (Wildman–Crippen LogP) is -0.863. The summed E-state index contributed by atoms with van der Waals surface area (Å²) in [6.45, 7) is 0.462. The fourth-order valence-electron chi connectivity index (χ4n) is 1.56. The second-order valence-corrected chi connectivity index (χ2v) is 4.32. The fraction of sp³-hybridized carbons (Fsp3) is 0.727. The highest BCUT2D eigenvalue weighted by atomic mass is 16.5. The topological polar surface area (TPSA) is 122 Å². The number of rotatable bonds is 9. The molecule has 19 heavy (non-hydrogen) atoms. The van der Waals surface area contributed by atoms with Gasteiger partial charge in [-0.05, 0) is 12.8 Å². The largest absolute Gasteiger partial charge is 0.481 e. The average Bonchev–Trinajstić information content (AvgIpc) is 3.12. The van der Waals surface area contributed by atoms with Crippen LogP contribution in [0.2, 0.25) is 0 Å². The molecule has 0 atom stereocenters. The first-order valence-electron chi connectivity index (χ1n) is 6.13. The normalized spacial score (nSPS) is 13.9. The number of carboxylic acids is 1. The fourth-order valence-corrected chi connectivity index (χ4v) is 1.56. The molecule has 0 aromatic carbocycles. The Hall–Kier alpha value is -1.83. The van der Waals surface area contributed by atoms with Gasteiger partial charge in [0, 0.05) is 19.1 Å². The van der Waals surface area contributed by atoms with E-state index in [0.29, 0.717) is 0 Å². The number of aliphatic carboxylic acids is 1. The van der Waals surface area contributed by atoms with Crippen molar-refractivity contribution in [1.29, 1.82) is 0 Å². The maximum atomic E-state index is 11.8. The van der Waals surface area contributed by atoms with E-state index in [-0.39, 0.29) is 44.8 Å². The molecule has 0 unspecified atom stereocenters. The van der Waals surface area contributed by atoms with E-state index >= 15 is 0 Å². The van der Waals surface area contributed by atoms with Crippen molar-refractivity contribution in [3.63, 3.8) is 0 Å². The summed E-state index contributed by atoms with van der Waals surface area (Å²) >= 11 is 0. The zero-order valence-corrected chi connectivity index (χ0v) is 10.6. The molecule has 0 radical (unpaired) electrons. The molecule has 1 rings (SSSR count). The van der Waals surface area contributed by atoms with Gasteiger partial charge in [-0.25, -0.2) is 4.79 Å². The van der Waals surface area contributed by atoms with Crippen molar-refractivity contribution >= 4 is 17.9 Å². The van der Waals surface area contributed by atoms with Crippen LogP contribution in [0.1, 0.15) is 19.3 Å². The van der Waals surface area contributed by atoms with Gasteiger partial charge in [0.2, 0.25) is 5.91 Å². The number of carbonyl (C=O) groups excluding carboxylic acids is 2. The molecule has 4 N–H and O–H groups in total. The van der Waals surface area contributed by atoms with E-state index in [1.54, 1.807) is 0 Å². The first kappa shape index (κ1) is 15.2. The Labute approximate surface area is 110 Å². The molecule has 0 aromatic heterocycles. The number of carbonyl (C=O) groups is 3. The predicted molar refractivity (Wildman–Crippen MR) is 65.4 cm³/mol. The van der Waals surface area contributed by atoms with Gasteiger partial charge in [0.25, 0.3) is 0 Å². The van der Waals surface area contributed by atoms with E-state index in [1.165, 1.54) is 4.90 Å². The maximum Gasteiger partial charge on any atom is 0.317 e. The third-order valence-electron chi connectivity index (χ3n) is 2.58. The number of amides is 3. The van der Waals surface area contributed by atoms with Crippen LogP contribution in [-0.4, -0.2) is 60.3 Å². The number of nitrogens with zero attached hydrogens (tertiary/aromatic N) is 1. The molecule has 8 heteroatoms. The van der Waals surface area contributed by atoms with Crippen molar-refractivity contribution in [2.75, 3.05) is 26.3 Å². The van der Waals surface area contributed by atoms with Gasteiger partial charge in [0.1, 0.15) is 6.61 Å². The van der Waals surface area contributed by atoms with Gasteiger partial charge in [-0.2, -0.15) is 0 Å². The Morgan fingerprint density at radius 2 is 2.05 bits per heavy atom. The Balaban J connectivity index is 2.20. The van der Waals surface area contributed by atoms with Crippen molar-refractivity contribution in [2.45, 2.75) is 25.3 Å². The standard InChI is InChI=1S/C11H19N3O5/c12-9(15)7-19-6-4-13-11(18)14(8-1-2-8)5-3-10(16)17/h8H,1-7H2,(H2,12,15)(H,13,18)(H,16,17). The number of hydrogen-bond donors (Lipinski definition) is 3. The maximum absolute atomic E-state index is 11.8. The van der Waals surface area contributed by atoms with Crippen molar-refractivity contribution in [2.24, 2.45) is 5.73 Å². The van der Waals surface area contributed by atoms with Crippen molar-refractivity contribution in [3.8, 4) is 0 Å². The number of hydrogen-bond acceptors (Lipinski definition) is 4. The number of urea groups is 1. The lowest BCUT2D eigenvalue weighted by Crippen LogP contribution is -2.43. The molecule has 1 saturated carbocycles. The van der Waals surface area contributed by atoms with Crippen LogP contribution in [0.4, 0.5) is 4.79 Å². The Kier molecular flexibility index (Phi) is 6.07. The van der Waals surface area contributed by atoms with E-state index in [2.05, 4.69) is 5.32 Å². The van der Waals surface area contributed by atoms with Gasteiger partial charge in [-0.1, -0.05) is 0 Å². The van der Waals surface area contributed by atoms with Crippen LogP contribution in [0.3, 0.4) is 0 Å². The number of primary amides is 1. The van der Waals surface area contributed by atoms with E-state index in [9.17, 15) is 14.4 Å². The SMILES string of the molecule is NC(=O)COCCNC(=O)N(CCC(=O)O)C1CC1. The van der Waals surface area contributed by atoms with E-state index in [1.807, 2.05) is 0 Å². The van der Waals surface area contributed by atoms with E-state index in [4.69, 9.17) is 15.6 Å². The van der Waals surface area contributed by atoms with Crippen LogP contribution in [-0.2, 0) is 14.3 Å². The summed E-state index contributed by atoms with van der Waals surface area (Å²) in [5.41, 5.74) is 4.88. The minimum absolute atomic E-state index is 0.0674. The van der Waals surface area contributed by atoms with Gasteiger partial charge in [0.05, 0.1) is 13.0 Å². The highest BCUT2D eigenvalue weighted by Gasteiger charge is 2.32. The first-order valence-corrected chi connectivity index (χ1v) is 6.13. The van der Waals surface area contributed by atoms with Gasteiger partial charge < -0.3 is 25.8 Å². The minimum Gasteiger partial charge on any atom is -0.481 e. The highest BCUT2D eigenvalue weighted by Crippen LogP contribution is 2.26. The second-order valence-electron chi connectivity index (χ2n) is 4.32. The zero-order valence-electron chi connectivity index (χ0n) is 10.6. The molecule has 1 aliphatic carbocycles. The molecule has 0 saturated heterocycles. The van der Waals surface area contributed by atoms with Crippen molar-refractivity contribution < 1.29 is 24.2 Å². The molecule has 1 fully saturated rings. The monoisotopic (exact) mass is 273 g/mol. The lowest BCUT2D eigenvalue weighted by molar-refractivity contribution is -0.137. The third-order valence-corrected chi connectivity index (χ3v) is 2.58. The van der Waals surface area contributed by atoms with Gasteiger partial charge in [-0.3, -0.25) is 9.59 Å². The summed E-state index contributed by atoms with van der Waals surface area (Å²) in [5.74, 6) is -1.49. The summed E-state index contributed by atoms with van der Waals surface area (Å²) < 4.78 is 4.90. The van der Waals surface area contributed by atoms with Crippen molar-refractivity contribution in [3.05, 3.63) is 0 Å². The highest BCUT2D eigenvalue weighted by molar-refractivity contribution is 5.76. The van der Waals surface area contributed by atoms with Crippen LogP contribution in [0.15, 0.2) is 0 Å². The van der Waals surface area contributed by atoms with Gasteiger partial charge >= 0.3 is 12.0 Å². The summed E-state index contributed by atoms with van der Waals surface area (Å²) in [6.07, 6.45) is 1.75. The minimum atomic E-state index is -0.928. The lowest BCUT2D eigenvalue weighted by Gasteiger charge is -2.22. The van der Waals surface area contributed by atoms with Gasteiger partial charge in [-0.15, -0.1) is 0 Å². The number of carboxylic acid groups (broad SMARTS) is 1. The average molecular weight is 273 g/mol. The van der Waals surface area contributed by atoms with Crippen LogP contribution in [0.25, 0.3) is 0 Å². The molecule has 8 nitrogen and oxygen atoms in total. The molecule has 0 aliphatic heterocycles. The summed E-state index contributed by atoms with van der Waals surface area (Å²) in [5, 5.41) is 11.2. The first-order chi connectivity index (χ1) is 9.00. The Morgan fingerprint density at radius 1 is 1.37 bits per heavy atom. The summed E-state index contributed by atoms with van der Waals surface area (Å²) in [6, 6.07) is -0.155. The molecule has 0 spiro atoms. The van der Waals surface area contributed by atoms with E-state index < -0.39 is 11.9 Å². The Morgan fingerprint density at radius 3 is 2.58 bits per heavy atom. The van der Waals surface area contributed by atoms with Crippen LogP contribution in [0.5, 0.6) is 0 Å². The molecule has 3 amide bonds. The second kappa shape index (κ2) is 7.57. The number of nitrogens with two attached hydrogens (primary N) is 1. The molecule has 108 valence electrons.